The zero-order chi connectivity index (χ0) is 14.5. The summed E-state index contributed by atoms with van der Waals surface area (Å²) in [6.45, 7) is 6.10. The number of carbonyl (C=O) groups excluding carboxylic acids is 1. The lowest BCUT2D eigenvalue weighted by Gasteiger charge is -2.19. The number of primary amides is 1. The molecule has 20 heavy (non-hydrogen) atoms. The van der Waals surface area contributed by atoms with Crippen LogP contribution in [-0.2, 0) is 4.74 Å². The molecular formula is C15H23N3O2. The second-order valence-corrected chi connectivity index (χ2v) is 5.37. The van der Waals surface area contributed by atoms with E-state index in [-0.39, 0.29) is 6.04 Å². The van der Waals surface area contributed by atoms with Crippen molar-refractivity contribution >= 4 is 11.7 Å². The van der Waals surface area contributed by atoms with E-state index in [1.54, 1.807) is 0 Å². The molecule has 110 valence electrons. The van der Waals surface area contributed by atoms with Crippen LogP contribution in [0, 0.1) is 5.92 Å². The molecule has 1 heterocycles. The Bertz CT molecular complexity index is 447. The van der Waals surface area contributed by atoms with Gasteiger partial charge in [-0.15, -0.1) is 0 Å². The molecule has 1 fully saturated rings. The van der Waals surface area contributed by atoms with Gasteiger partial charge in [0.1, 0.15) is 0 Å². The molecule has 1 aromatic carbocycles. The molecule has 4 N–H and O–H groups in total. The van der Waals surface area contributed by atoms with Crippen LogP contribution in [0.25, 0.3) is 0 Å². The van der Waals surface area contributed by atoms with Crippen LogP contribution in [-0.4, -0.2) is 25.3 Å². The molecule has 0 radical (unpaired) electrons. The third-order valence-corrected chi connectivity index (χ3v) is 3.90. The van der Waals surface area contributed by atoms with Gasteiger partial charge in [0, 0.05) is 24.9 Å². The molecule has 3 atom stereocenters. The Hall–Kier alpha value is -1.59. The highest BCUT2D eigenvalue weighted by atomic mass is 16.5. The molecule has 1 saturated heterocycles. The molecule has 1 aromatic rings. The van der Waals surface area contributed by atoms with Gasteiger partial charge < -0.3 is 21.1 Å². The maximum absolute atomic E-state index is 10.8. The number of carbonyl (C=O) groups is 1. The molecule has 3 unspecified atom stereocenters. The first kappa shape index (κ1) is 14.8. The van der Waals surface area contributed by atoms with Gasteiger partial charge in [-0.3, -0.25) is 0 Å². The number of ether oxygens (including phenoxy) is 1. The first-order chi connectivity index (χ1) is 9.56. The lowest BCUT2D eigenvalue weighted by Crippen LogP contribution is -2.29. The predicted molar refractivity (Wildman–Crippen MR) is 79.6 cm³/mol. The summed E-state index contributed by atoms with van der Waals surface area (Å²) in [6, 6.07) is 7.44. The number of nitrogens with two attached hydrogens (primary N) is 1. The number of hydrogen-bond donors (Lipinski definition) is 3. The SMILES string of the molecule is CC(NCC1CCOC1C)c1ccc(NC(N)=O)cc1. The van der Waals surface area contributed by atoms with Gasteiger partial charge in [-0.2, -0.15) is 0 Å². The monoisotopic (exact) mass is 277 g/mol. The van der Waals surface area contributed by atoms with Crippen LogP contribution in [0.1, 0.15) is 31.9 Å². The molecule has 2 rings (SSSR count). The van der Waals surface area contributed by atoms with Gasteiger partial charge in [0.15, 0.2) is 0 Å². The summed E-state index contributed by atoms with van der Waals surface area (Å²) in [4.78, 5) is 10.8. The van der Waals surface area contributed by atoms with E-state index in [1.165, 1.54) is 5.56 Å². The predicted octanol–water partition coefficient (Wildman–Crippen LogP) is 2.25. The van der Waals surface area contributed by atoms with E-state index in [4.69, 9.17) is 10.5 Å². The number of amides is 2. The van der Waals surface area contributed by atoms with E-state index in [9.17, 15) is 4.79 Å². The third kappa shape index (κ3) is 3.95. The van der Waals surface area contributed by atoms with Crippen molar-refractivity contribution in [3.63, 3.8) is 0 Å². The van der Waals surface area contributed by atoms with E-state index in [1.807, 2.05) is 24.3 Å². The molecule has 0 aromatic heterocycles. The maximum Gasteiger partial charge on any atom is 0.316 e. The minimum atomic E-state index is -0.542. The average Bonchev–Trinajstić information content (AvgIpc) is 2.82. The standard InChI is InChI=1S/C15H23N3O2/c1-10(17-9-13-7-8-20-11(13)2)12-3-5-14(6-4-12)18-15(16)19/h3-6,10-11,13,17H,7-9H2,1-2H3,(H3,16,18,19). The molecule has 0 saturated carbocycles. The topological polar surface area (TPSA) is 76.4 Å². The molecule has 1 aliphatic heterocycles. The average molecular weight is 277 g/mol. The Morgan fingerprint density at radius 1 is 1.45 bits per heavy atom. The molecule has 0 aliphatic carbocycles. The van der Waals surface area contributed by atoms with Gasteiger partial charge in [-0.05, 0) is 43.9 Å². The fourth-order valence-corrected chi connectivity index (χ4v) is 2.49. The molecule has 1 aliphatic rings. The highest BCUT2D eigenvalue weighted by Gasteiger charge is 2.24. The Kier molecular flexibility index (Phi) is 4.98. The molecule has 2 amide bonds. The zero-order valence-electron chi connectivity index (χ0n) is 12.1. The van der Waals surface area contributed by atoms with Gasteiger partial charge in [0.2, 0.25) is 0 Å². The van der Waals surface area contributed by atoms with E-state index < -0.39 is 6.03 Å². The second kappa shape index (κ2) is 6.72. The van der Waals surface area contributed by atoms with Crippen LogP contribution in [0.3, 0.4) is 0 Å². The van der Waals surface area contributed by atoms with E-state index in [0.29, 0.717) is 17.7 Å². The van der Waals surface area contributed by atoms with Crippen molar-refractivity contribution in [2.24, 2.45) is 11.7 Å². The van der Waals surface area contributed by atoms with E-state index in [2.05, 4.69) is 24.5 Å². The zero-order valence-corrected chi connectivity index (χ0v) is 12.1. The van der Waals surface area contributed by atoms with Crippen molar-refractivity contribution in [2.75, 3.05) is 18.5 Å². The third-order valence-electron chi connectivity index (χ3n) is 3.90. The number of anilines is 1. The smallest absolute Gasteiger partial charge is 0.316 e. The first-order valence-electron chi connectivity index (χ1n) is 7.07. The molecular weight excluding hydrogens is 254 g/mol. The summed E-state index contributed by atoms with van der Waals surface area (Å²) in [7, 11) is 0. The normalized spacial score (nSPS) is 23.5. The minimum absolute atomic E-state index is 0.269. The highest BCUT2D eigenvalue weighted by molar-refractivity contribution is 5.87. The van der Waals surface area contributed by atoms with Crippen LogP contribution in [0.2, 0.25) is 0 Å². The van der Waals surface area contributed by atoms with Crippen molar-refractivity contribution in [3.05, 3.63) is 29.8 Å². The number of benzene rings is 1. The summed E-state index contributed by atoms with van der Waals surface area (Å²) < 4.78 is 5.56. The number of urea groups is 1. The van der Waals surface area contributed by atoms with Crippen LogP contribution < -0.4 is 16.4 Å². The molecule has 0 spiro atoms. The number of rotatable bonds is 5. The first-order valence-corrected chi connectivity index (χ1v) is 7.07. The van der Waals surface area contributed by atoms with Crippen LogP contribution in [0.4, 0.5) is 10.5 Å². The molecule has 5 nitrogen and oxygen atoms in total. The van der Waals surface area contributed by atoms with E-state index >= 15 is 0 Å². The minimum Gasteiger partial charge on any atom is -0.378 e. The maximum atomic E-state index is 10.8. The fourth-order valence-electron chi connectivity index (χ4n) is 2.49. The summed E-state index contributed by atoms with van der Waals surface area (Å²) in [5.74, 6) is 0.591. The highest BCUT2D eigenvalue weighted by Crippen LogP contribution is 2.21. The summed E-state index contributed by atoms with van der Waals surface area (Å²) in [6.07, 6.45) is 1.47. The molecule has 5 heteroatoms. The second-order valence-electron chi connectivity index (χ2n) is 5.37. The van der Waals surface area contributed by atoms with Crippen molar-refractivity contribution in [3.8, 4) is 0 Å². The van der Waals surface area contributed by atoms with Crippen molar-refractivity contribution in [1.29, 1.82) is 0 Å². The van der Waals surface area contributed by atoms with Gasteiger partial charge in [-0.1, -0.05) is 12.1 Å². The Balaban J connectivity index is 1.85. The van der Waals surface area contributed by atoms with Crippen LogP contribution in [0.5, 0.6) is 0 Å². The lowest BCUT2D eigenvalue weighted by atomic mass is 10.0. The van der Waals surface area contributed by atoms with Gasteiger partial charge in [-0.25, -0.2) is 4.79 Å². The Morgan fingerprint density at radius 2 is 2.15 bits per heavy atom. The Labute approximate surface area is 119 Å². The number of nitrogens with one attached hydrogen (secondary N) is 2. The quantitative estimate of drug-likeness (QED) is 0.772. The summed E-state index contributed by atoms with van der Waals surface area (Å²) in [5.41, 5.74) is 6.98. The molecule has 0 bridgehead atoms. The van der Waals surface area contributed by atoms with Gasteiger partial charge in [0.25, 0.3) is 0 Å². The summed E-state index contributed by atoms with van der Waals surface area (Å²) in [5, 5.41) is 6.09. The fraction of sp³-hybridized carbons (Fsp3) is 0.533. The largest absolute Gasteiger partial charge is 0.378 e. The lowest BCUT2D eigenvalue weighted by molar-refractivity contribution is 0.105. The van der Waals surface area contributed by atoms with Crippen molar-refractivity contribution < 1.29 is 9.53 Å². The van der Waals surface area contributed by atoms with Crippen LogP contribution in [0.15, 0.2) is 24.3 Å². The van der Waals surface area contributed by atoms with Gasteiger partial charge >= 0.3 is 6.03 Å². The van der Waals surface area contributed by atoms with E-state index in [0.717, 1.165) is 19.6 Å². The van der Waals surface area contributed by atoms with Crippen LogP contribution >= 0.6 is 0 Å². The number of hydrogen-bond acceptors (Lipinski definition) is 3. The summed E-state index contributed by atoms with van der Waals surface area (Å²) >= 11 is 0. The van der Waals surface area contributed by atoms with Gasteiger partial charge in [0.05, 0.1) is 6.10 Å². The van der Waals surface area contributed by atoms with Crippen molar-refractivity contribution in [2.45, 2.75) is 32.4 Å². The van der Waals surface area contributed by atoms with Crippen molar-refractivity contribution in [1.82, 2.24) is 5.32 Å². The Morgan fingerprint density at radius 3 is 2.70 bits per heavy atom.